The molecule has 2 aromatic rings. The van der Waals surface area contributed by atoms with Crippen LogP contribution in [0.3, 0.4) is 0 Å². The van der Waals surface area contributed by atoms with E-state index in [1.54, 1.807) is 5.38 Å². The minimum absolute atomic E-state index is 0.217. The van der Waals surface area contributed by atoms with Gasteiger partial charge in [0.05, 0.1) is 0 Å². The lowest BCUT2D eigenvalue weighted by atomic mass is 10.1. The molecule has 6 heteroatoms. The van der Waals surface area contributed by atoms with Crippen LogP contribution in [-0.4, -0.2) is 15.5 Å². The van der Waals surface area contributed by atoms with Gasteiger partial charge in [0.15, 0.2) is 5.69 Å². The van der Waals surface area contributed by atoms with Crippen molar-refractivity contribution in [2.45, 2.75) is 13.1 Å². The first-order chi connectivity index (χ1) is 8.31. The van der Waals surface area contributed by atoms with Crippen molar-refractivity contribution in [1.82, 2.24) is 14.9 Å². The van der Waals surface area contributed by atoms with E-state index in [1.165, 1.54) is 0 Å². The number of carbonyl (C=O) groups excluding carboxylic acids is 1. The number of hydrogen-bond acceptors (Lipinski definition) is 5. The van der Waals surface area contributed by atoms with Gasteiger partial charge in [-0.15, -0.1) is 5.10 Å². The molecule has 0 saturated heterocycles. The smallest absolute Gasteiger partial charge is 0.273 e. The van der Waals surface area contributed by atoms with Crippen molar-refractivity contribution in [1.29, 1.82) is 0 Å². The minimum atomic E-state index is -0.217. The van der Waals surface area contributed by atoms with Gasteiger partial charge < -0.3 is 11.1 Å². The molecule has 0 fully saturated rings. The molecule has 0 aliphatic rings. The summed E-state index contributed by atoms with van der Waals surface area (Å²) in [4.78, 5) is 11.6. The van der Waals surface area contributed by atoms with Crippen LogP contribution in [0.15, 0.2) is 29.6 Å². The Labute approximate surface area is 103 Å². The molecule has 1 heterocycles. The van der Waals surface area contributed by atoms with Crippen molar-refractivity contribution in [3.8, 4) is 0 Å². The summed E-state index contributed by atoms with van der Waals surface area (Å²) < 4.78 is 3.64. The molecule has 0 spiro atoms. The van der Waals surface area contributed by atoms with E-state index in [0.717, 1.165) is 22.7 Å². The molecular formula is C11H12N4OS. The molecule has 0 aliphatic carbocycles. The number of nitrogens with zero attached hydrogens (tertiary/aromatic N) is 2. The van der Waals surface area contributed by atoms with Crippen LogP contribution in [0.1, 0.15) is 21.6 Å². The summed E-state index contributed by atoms with van der Waals surface area (Å²) in [6.07, 6.45) is 0. The fraction of sp³-hybridized carbons (Fsp3) is 0.182. The Morgan fingerprint density at radius 2 is 2.12 bits per heavy atom. The predicted molar refractivity (Wildman–Crippen MR) is 65.4 cm³/mol. The van der Waals surface area contributed by atoms with Gasteiger partial charge >= 0.3 is 0 Å². The highest BCUT2D eigenvalue weighted by atomic mass is 32.1. The summed E-state index contributed by atoms with van der Waals surface area (Å²) in [7, 11) is 0. The number of nitrogens with two attached hydrogens (primary N) is 1. The van der Waals surface area contributed by atoms with Crippen LogP contribution < -0.4 is 11.1 Å². The lowest BCUT2D eigenvalue weighted by molar-refractivity contribution is 0.0946. The minimum Gasteiger partial charge on any atom is -0.347 e. The molecule has 88 valence electrons. The Kier molecular flexibility index (Phi) is 3.79. The molecule has 0 unspecified atom stereocenters. The van der Waals surface area contributed by atoms with Crippen molar-refractivity contribution < 1.29 is 4.79 Å². The summed E-state index contributed by atoms with van der Waals surface area (Å²) in [5, 5.41) is 8.10. The number of benzene rings is 1. The van der Waals surface area contributed by atoms with Crippen LogP contribution in [-0.2, 0) is 13.1 Å². The maximum absolute atomic E-state index is 11.6. The maximum atomic E-state index is 11.6. The van der Waals surface area contributed by atoms with Gasteiger partial charge in [-0.05, 0) is 22.7 Å². The van der Waals surface area contributed by atoms with Crippen LogP contribution in [0.5, 0.6) is 0 Å². The molecule has 1 aromatic carbocycles. The van der Waals surface area contributed by atoms with Crippen molar-refractivity contribution >= 4 is 17.4 Å². The second-order valence-electron chi connectivity index (χ2n) is 3.45. The Balaban J connectivity index is 2.00. The number of rotatable bonds is 4. The van der Waals surface area contributed by atoms with E-state index in [4.69, 9.17) is 5.73 Å². The molecule has 1 amide bonds. The van der Waals surface area contributed by atoms with Crippen molar-refractivity contribution in [3.63, 3.8) is 0 Å². The van der Waals surface area contributed by atoms with E-state index in [-0.39, 0.29) is 5.91 Å². The fourth-order valence-electron chi connectivity index (χ4n) is 1.46. The average Bonchev–Trinajstić information content (AvgIpc) is 2.90. The Morgan fingerprint density at radius 3 is 2.76 bits per heavy atom. The highest BCUT2D eigenvalue weighted by molar-refractivity contribution is 7.03. The standard InChI is InChI=1S/C11H12N4OS/c12-5-8-3-1-2-4-9(8)6-13-11(16)10-7-17-15-14-10/h1-4,7H,5-6,12H2,(H,13,16). The highest BCUT2D eigenvalue weighted by Crippen LogP contribution is 2.07. The monoisotopic (exact) mass is 248 g/mol. The fourth-order valence-corrected chi connectivity index (χ4v) is 1.89. The summed E-state index contributed by atoms with van der Waals surface area (Å²) in [5.74, 6) is -0.217. The van der Waals surface area contributed by atoms with Crippen LogP contribution in [0.4, 0.5) is 0 Å². The number of amides is 1. The summed E-state index contributed by atoms with van der Waals surface area (Å²) in [6.45, 7) is 0.911. The van der Waals surface area contributed by atoms with Crippen LogP contribution in [0.25, 0.3) is 0 Å². The number of aromatic nitrogens is 2. The zero-order chi connectivity index (χ0) is 12.1. The number of hydrogen-bond donors (Lipinski definition) is 2. The van der Waals surface area contributed by atoms with E-state index in [1.807, 2.05) is 24.3 Å². The zero-order valence-corrected chi connectivity index (χ0v) is 9.91. The largest absolute Gasteiger partial charge is 0.347 e. The second-order valence-corrected chi connectivity index (χ2v) is 4.06. The van der Waals surface area contributed by atoms with E-state index < -0.39 is 0 Å². The van der Waals surface area contributed by atoms with Gasteiger partial charge in [0.25, 0.3) is 5.91 Å². The van der Waals surface area contributed by atoms with Crippen LogP contribution >= 0.6 is 11.5 Å². The zero-order valence-electron chi connectivity index (χ0n) is 9.09. The lowest BCUT2D eigenvalue weighted by Crippen LogP contribution is -2.24. The highest BCUT2D eigenvalue weighted by Gasteiger charge is 2.08. The molecule has 5 nitrogen and oxygen atoms in total. The quantitative estimate of drug-likeness (QED) is 0.843. The molecule has 0 aliphatic heterocycles. The normalized spacial score (nSPS) is 10.2. The Morgan fingerprint density at radius 1 is 1.35 bits per heavy atom. The van der Waals surface area contributed by atoms with Crippen molar-refractivity contribution in [2.24, 2.45) is 5.73 Å². The lowest BCUT2D eigenvalue weighted by Gasteiger charge is -2.07. The molecule has 0 bridgehead atoms. The molecule has 1 aromatic heterocycles. The Hall–Kier alpha value is -1.79. The van der Waals surface area contributed by atoms with Gasteiger partial charge in [-0.25, -0.2) is 0 Å². The summed E-state index contributed by atoms with van der Waals surface area (Å²) >= 11 is 1.16. The first kappa shape index (κ1) is 11.7. The third-order valence-corrected chi connectivity index (χ3v) is 2.87. The van der Waals surface area contributed by atoms with Gasteiger partial charge in [0, 0.05) is 18.5 Å². The van der Waals surface area contributed by atoms with Gasteiger partial charge in [-0.2, -0.15) is 0 Å². The molecular weight excluding hydrogens is 236 g/mol. The Bertz CT molecular complexity index is 498. The molecule has 3 N–H and O–H groups in total. The molecule has 2 rings (SSSR count). The third-order valence-electron chi connectivity index (χ3n) is 2.37. The van der Waals surface area contributed by atoms with E-state index >= 15 is 0 Å². The SMILES string of the molecule is NCc1ccccc1CNC(=O)c1csnn1. The first-order valence-corrected chi connectivity index (χ1v) is 5.97. The molecule has 17 heavy (non-hydrogen) atoms. The third kappa shape index (κ3) is 2.86. The van der Waals surface area contributed by atoms with Gasteiger partial charge in [-0.1, -0.05) is 28.8 Å². The van der Waals surface area contributed by atoms with Gasteiger partial charge in [0.1, 0.15) is 0 Å². The molecule has 0 saturated carbocycles. The van der Waals surface area contributed by atoms with Crippen molar-refractivity contribution in [2.75, 3.05) is 0 Å². The van der Waals surface area contributed by atoms with Gasteiger partial charge in [-0.3, -0.25) is 4.79 Å². The topological polar surface area (TPSA) is 80.9 Å². The predicted octanol–water partition coefficient (Wildman–Crippen LogP) is 0.927. The number of carbonyl (C=O) groups is 1. The summed E-state index contributed by atoms with van der Waals surface area (Å²) in [5.41, 5.74) is 8.02. The molecule has 0 atom stereocenters. The summed E-state index contributed by atoms with van der Waals surface area (Å²) in [6, 6.07) is 7.75. The molecule has 0 radical (unpaired) electrons. The first-order valence-electron chi connectivity index (χ1n) is 5.13. The number of nitrogens with one attached hydrogen (secondary N) is 1. The van der Waals surface area contributed by atoms with Crippen molar-refractivity contribution in [3.05, 3.63) is 46.5 Å². The van der Waals surface area contributed by atoms with E-state index in [2.05, 4.69) is 14.9 Å². The maximum Gasteiger partial charge on any atom is 0.273 e. The van der Waals surface area contributed by atoms with E-state index in [0.29, 0.717) is 18.8 Å². The van der Waals surface area contributed by atoms with Gasteiger partial charge in [0.2, 0.25) is 0 Å². The van der Waals surface area contributed by atoms with Crippen LogP contribution in [0.2, 0.25) is 0 Å². The average molecular weight is 248 g/mol. The van der Waals surface area contributed by atoms with Crippen LogP contribution in [0, 0.1) is 0 Å². The second kappa shape index (κ2) is 5.51. The van der Waals surface area contributed by atoms with E-state index in [9.17, 15) is 4.79 Å².